The van der Waals surface area contributed by atoms with Crippen molar-refractivity contribution in [3.63, 3.8) is 0 Å². The molecule has 3 heteroatoms. The smallest absolute Gasteiger partial charge is 0.109 e. The van der Waals surface area contributed by atoms with Crippen LogP contribution in [0, 0.1) is 0 Å². The zero-order valence-electron chi connectivity index (χ0n) is 11.0. The molecule has 18 heavy (non-hydrogen) atoms. The summed E-state index contributed by atoms with van der Waals surface area (Å²) in [6.07, 6.45) is 5.69. The van der Waals surface area contributed by atoms with Crippen LogP contribution in [-0.2, 0) is 13.0 Å². The predicted octanol–water partition coefficient (Wildman–Crippen LogP) is 4.40. The Morgan fingerprint density at radius 2 is 2.00 bits per heavy atom. The van der Waals surface area contributed by atoms with Crippen molar-refractivity contribution in [3.05, 3.63) is 30.1 Å². The van der Waals surface area contributed by atoms with Crippen LogP contribution in [0.4, 0.5) is 0 Å². The number of aryl methyl sites for hydroxylation is 2. The average Bonchev–Trinajstić information content (AvgIpc) is 2.73. The highest BCUT2D eigenvalue weighted by Gasteiger charge is 2.08. The van der Waals surface area contributed by atoms with E-state index in [4.69, 9.17) is 16.6 Å². The quantitative estimate of drug-likeness (QED) is 0.535. The molecule has 98 valence electrons. The minimum Gasteiger partial charge on any atom is -0.328 e. The third-order valence-electron chi connectivity index (χ3n) is 3.22. The molecule has 0 fully saturated rings. The number of imidazole rings is 1. The highest BCUT2D eigenvalue weighted by molar-refractivity contribution is 6.17. The lowest BCUT2D eigenvalue weighted by Gasteiger charge is -2.08. The van der Waals surface area contributed by atoms with Gasteiger partial charge < -0.3 is 4.57 Å². The number of fused-ring (bicyclic) bond motifs is 1. The maximum absolute atomic E-state index is 5.72. The molecule has 0 N–H and O–H groups in total. The van der Waals surface area contributed by atoms with Crippen molar-refractivity contribution in [1.29, 1.82) is 0 Å². The first kappa shape index (κ1) is 13.4. The Morgan fingerprint density at radius 1 is 1.17 bits per heavy atom. The summed E-state index contributed by atoms with van der Waals surface area (Å²) >= 11 is 5.72. The third-order valence-corrected chi connectivity index (χ3v) is 3.49. The van der Waals surface area contributed by atoms with E-state index in [1.807, 2.05) is 0 Å². The summed E-state index contributed by atoms with van der Waals surface area (Å²) in [5.74, 6) is 2.00. The summed E-state index contributed by atoms with van der Waals surface area (Å²) in [4.78, 5) is 4.74. The number of aromatic nitrogens is 2. The molecule has 0 bridgehead atoms. The Kier molecular flexibility index (Phi) is 5.06. The second-order valence-corrected chi connectivity index (χ2v) is 5.05. The van der Waals surface area contributed by atoms with Gasteiger partial charge in [0.15, 0.2) is 0 Å². The van der Waals surface area contributed by atoms with Gasteiger partial charge in [-0.3, -0.25) is 0 Å². The van der Waals surface area contributed by atoms with Gasteiger partial charge in [0.1, 0.15) is 5.82 Å². The van der Waals surface area contributed by atoms with Gasteiger partial charge in [-0.05, 0) is 31.4 Å². The summed E-state index contributed by atoms with van der Waals surface area (Å²) in [6, 6.07) is 8.42. The van der Waals surface area contributed by atoms with Gasteiger partial charge in [-0.1, -0.05) is 25.5 Å². The summed E-state index contributed by atoms with van der Waals surface area (Å²) < 4.78 is 2.38. The largest absolute Gasteiger partial charge is 0.328 e. The molecule has 0 aliphatic heterocycles. The monoisotopic (exact) mass is 264 g/mol. The molecule has 1 aromatic heterocycles. The van der Waals surface area contributed by atoms with Gasteiger partial charge in [-0.2, -0.15) is 0 Å². The topological polar surface area (TPSA) is 17.8 Å². The normalized spacial score (nSPS) is 11.2. The van der Waals surface area contributed by atoms with Gasteiger partial charge in [0.2, 0.25) is 0 Å². The van der Waals surface area contributed by atoms with Crippen molar-refractivity contribution in [1.82, 2.24) is 9.55 Å². The lowest BCUT2D eigenvalue weighted by Crippen LogP contribution is -2.04. The summed E-state index contributed by atoms with van der Waals surface area (Å²) in [7, 11) is 0. The summed E-state index contributed by atoms with van der Waals surface area (Å²) in [5, 5.41) is 0. The second kappa shape index (κ2) is 6.79. The van der Waals surface area contributed by atoms with Crippen molar-refractivity contribution >= 4 is 22.6 Å². The number of nitrogens with zero attached hydrogens (tertiary/aromatic N) is 2. The average molecular weight is 265 g/mol. The minimum absolute atomic E-state index is 0.770. The van der Waals surface area contributed by atoms with Crippen molar-refractivity contribution in [2.75, 3.05) is 5.88 Å². The Morgan fingerprint density at radius 3 is 2.78 bits per heavy atom. The molecule has 2 aromatic rings. The number of rotatable bonds is 7. The number of hydrogen-bond acceptors (Lipinski definition) is 1. The van der Waals surface area contributed by atoms with E-state index in [1.54, 1.807) is 0 Å². The Balaban J connectivity index is 2.19. The molecule has 1 aromatic carbocycles. The van der Waals surface area contributed by atoms with E-state index >= 15 is 0 Å². The number of para-hydroxylation sites is 2. The van der Waals surface area contributed by atoms with Gasteiger partial charge in [-0.15, -0.1) is 11.6 Å². The van der Waals surface area contributed by atoms with Crippen molar-refractivity contribution in [3.8, 4) is 0 Å². The molecule has 1 heterocycles. The first-order valence-corrected chi connectivity index (χ1v) is 7.40. The number of unbranched alkanes of at least 4 members (excludes halogenated alkanes) is 2. The van der Waals surface area contributed by atoms with Crippen molar-refractivity contribution in [2.24, 2.45) is 0 Å². The Hall–Kier alpha value is -1.02. The van der Waals surface area contributed by atoms with Gasteiger partial charge >= 0.3 is 0 Å². The molecule has 0 atom stereocenters. The van der Waals surface area contributed by atoms with Crippen LogP contribution in [0.25, 0.3) is 11.0 Å². The molecule has 0 aliphatic rings. The number of halogens is 1. The molecule has 0 aliphatic carbocycles. The molecule has 0 radical (unpaired) electrons. The summed E-state index contributed by atoms with van der Waals surface area (Å²) in [5.41, 5.74) is 2.39. The fourth-order valence-corrected chi connectivity index (χ4v) is 2.52. The van der Waals surface area contributed by atoms with E-state index in [1.165, 1.54) is 24.2 Å². The molecule has 2 rings (SSSR count). The number of hydrogen-bond donors (Lipinski definition) is 0. The zero-order valence-corrected chi connectivity index (χ0v) is 11.8. The second-order valence-electron chi connectivity index (χ2n) is 4.67. The molecule has 0 saturated carbocycles. The lowest BCUT2D eigenvalue weighted by atomic mass is 10.2. The van der Waals surface area contributed by atoms with Gasteiger partial charge in [0.25, 0.3) is 0 Å². The highest BCUT2D eigenvalue weighted by atomic mass is 35.5. The van der Waals surface area contributed by atoms with Crippen LogP contribution in [-0.4, -0.2) is 15.4 Å². The van der Waals surface area contributed by atoms with Crippen LogP contribution in [0.5, 0.6) is 0 Å². The van der Waals surface area contributed by atoms with E-state index in [2.05, 4.69) is 35.8 Å². The predicted molar refractivity (Wildman–Crippen MR) is 78.3 cm³/mol. The van der Waals surface area contributed by atoms with Crippen LogP contribution < -0.4 is 0 Å². The van der Waals surface area contributed by atoms with E-state index in [0.717, 1.165) is 37.2 Å². The van der Waals surface area contributed by atoms with Gasteiger partial charge in [0.05, 0.1) is 11.0 Å². The molecule has 0 saturated heterocycles. The molecule has 0 unspecified atom stereocenters. The van der Waals surface area contributed by atoms with E-state index in [-0.39, 0.29) is 0 Å². The van der Waals surface area contributed by atoms with E-state index < -0.39 is 0 Å². The third kappa shape index (κ3) is 3.05. The number of alkyl halides is 1. The first-order chi connectivity index (χ1) is 8.86. The zero-order chi connectivity index (χ0) is 12.8. The maximum atomic E-state index is 5.72. The molecule has 0 amide bonds. The van der Waals surface area contributed by atoms with E-state index in [9.17, 15) is 0 Å². The van der Waals surface area contributed by atoms with E-state index in [0.29, 0.717) is 0 Å². The van der Waals surface area contributed by atoms with Crippen molar-refractivity contribution in [2.45, 2.75) is 45.6 Å². The molecular formula is C15H21ClN2. The van der Waals surface area contributed by atoms with Crippen molar-refractivity contribution < 1.29 is 0 Å². The fraction of sp³-hybridized carbons (Fsp3) is 0.533. The lowest BCUT2D eigenvalue weighted by molar-refractivity contribution is 0.589. The Labute approximate surface area is 114 Å². The van der Waals surface area contributed by atoms with Gasteiger partial charge in [0, 0.05) is 18.8 Å². The Bertz CT molecular complexity index is 490. The molecule has 2 nitrogen and oxygen atoms in total. The standard InChI is InChI=1S/C15H21ClN2/c1-2-8-15-17-13-9-4-5-10-14(13)18(15)12-7-3-6-11-16/h4-5,9-10H,2-3,6-8,11-12H2,1H3. The number of benzene rings is 1. The van der Waals surface area contributed by atoms with Gasteiger partial charge in [-0.25, -0.2) is 4.98 Å². The summed E-state index contributed by atoms with van der Waals surface area (Å²) in [6.45, 7) is 3.27. The highest BCUT2D eigenvalue weighted by Crippen LogP contribution is 2.18. The van der Waals surface area contributed by atoms with Crippen LogP contribution in [0.1, 0.15) is 38.4 Å². The van der Waals surface area contributed by atoms with Crippen LogP contribution >= 0.6 is 11.6 Å². The maximum Gasteiger partial charge on any atom is 0.109 e. The fourth-order valence-electron chi connectivity index (χ4n) is 2.33. The molecule has 0 spiro atoms. The molecular weight excluding hydrogens is 244 g/mol. The first-order valence-electron chi connectivity index (χ1n) is 6.87. The van der Waals surface area contributed by atoms with Crippen LogP contribution in [0.15, 0.2) is 24.3 Å². The SMILES string of the molecule is CCCc1nc2ccccc2n1CCCCCCl. The van der Waals surface area contributed by atoms with Crippen LogP contribution in [0.2, 0.25) is 0 Å². The van der Waals surface area contributed by atoms with Crippen LogP contribution in [0.3, 0.4) is 0 Å². The minimum atomic E-state index is 0.770.